The first-order valence-electron chi connectivity index (χ1n) is 18.8. The number of nitrogens with one attached hydrogen (secondary N) is 3. The Labute approximate surface area is 352 Å². The molecule has 0 saturated heterocycles. The second-order valence-corrected chi connectivity index (χ2v) is 19.3. The Hall–Kier alpha value is -5.55. The van der Waals surface area contributed by atoms with Crippen LogP contribution in [0.1, 0.15) is 67.1 Å². The molecule has 0 fully saturated rings. The fourth-order valence-electron chi connectivity index (χ4n) is 8.25. The highest BCUT2D eigenvalue weighted by Crippen LogP contribution is 2.40. The van der Waals surface area contributed by atoms with Crippen molar-refractivity contribution < 1.29 is 38.9 Å². The van der Waals surface area contributed by atoms with Crippen molar-refractivity contribution in [2.75, 3.05) is 16.0 Å². The first-order valence-corrected chi connectivity index (χ1v) is 23.1. The fourth-order valence-corrected chi connectivity index (χ4v) is 10.7. The molecule has 6 aromatic rings. The van der Waals surface area contributed by atoms with Gasteiger partial charge in [-0.25, -0.2) is 0 Å². The van der Waals surface area contributed by atoms with E-state index in [1.807, 2.05) is 88.4 Å². The zero-order valence-corrected chi connectivity index (χ0v) is 36.8. The van der Waals surface area contributed by atoms with Crippen molar-refractivity contribution in [3.8, 4) is 0 Å². The van der Waals surface area contributed by atoms with Gasteiger partial charge in [-0.2, -0.15) is 25.3 Å². The molecule has 6 N–H and O–H groups in total. The average Bonchev–Trinajstić information content (AvgIpc) is 3.12. The highest BCUT2D eigenvalue weighted by molar-refractivity contribution is 7.86. The molecule has 12 nitrogen and oxygen atoms in total. The highest BCUT2D eigenvalue weighted by atomic mass is 32.2. The van der Waals surface area contributed by atoms with Crippen LogP contribution in [0.15, 0.2) is 112 Å². The second-order valence-electron chi connectivity index (χ2n) is 15.2. The van der Waals surface area contributed by atoms with Gasteiger partial charge >= 0.3 is 0 Å². The number of hydrogen-bond donors (Lipinski definition) is 6. The molecule has 0 amide bonds. The van der Waals surface area contributed by atoms with Crippen LogP contribution in [0.5, 0.6) is 0 Å². The molecule has 0 radical (unpaired) electrons. The average molecular weight is 870 g/mol. The van der Waals surface area contributed by atoms with Crippen molar-refractivity contribution in [3.05, 3.63) is 158 Å². The van der Waals surface area contributed by atoms with Gasteiger partial charge in [-0.15, -0.1) is 0 Å². The summed E-state index contributed by atoms with van der Waals surface area (Å²) in [7, 11) is -13.3. The summed E-state index contributed by atoms with van der Waals surface area (Å²) >= 11 is 0. The van der Waals surface area contributed by atoms with Gasteiger partial charge in [0.2, 0.25) is 0 Å². The molecule has 0 spiro atoms. The second kappa shape index (κ2) is 16.5. The van der Waals surface area contributed by atoms with Gasteiger partial charge in [-0.05, 0) is 171 Å². The minimum atomic E-state index is -4.46. The maximum absolute atomic E-state index is 12.3. The minimum absolute atomic E-state index is 0.133. The van der Waals surface area contributed by atoms with E-state index < -0.39 is 30.4 Å². The van der Waals surface area contributed by atoms with E-state index >= 15 is 0 Å². The molecule has 314 valence electrons. The van der Waals surface area contributed by atoms with E-state index in [1.54, 1.807) is 45.9 Å². The molecule has 0 bridgehead atoms. The number of rotatable bonds is 12. The van der Waals surface area contributed by atoms with Crippen LogP contribution in [0, 0.1) is 55.4 Å². The molecule has 6 rings (SSSR count). The lowest BCUT2D eigenvalue weighted by atomic mass is 9.80. The van der Waals surface area contributed by atoms with Gasteiger partial charge in [0.25, 0.3) is 30.4 Å². The monoisotopic (exact) mass is 869 g/mol. The van der Waals surface area contributed by atoms with Gasteiger partial charge in [0.05, 0.1) is 4.90 Å². The quantitative estimate of drug-likeness (QED) is 0.0503. The molecule has 6 aromatic carbocycles. The number of aryl methyl sites for hydroxylation is 6. The van der Waals surface area contributed by atoms with E-state index in [2.05, 4.69) is 16.0 Å². The summed E-state index contributed by atoms with van der Waals surface area (Å²) in [5.41, 5.74) is 11.8. The van der Waals surface area contributed by atoms with Crippen LogP contribution in [0.4, 0.5) is 34.1 Å². The first-order chi connectivity index (χ1) is 27.9. The molecule has 0 aliphatic carbocycles. The van der Waals surface area contributed by atoms with E-state index in [9.17, 15) is 38.9 Å². The number of anilines is 6. The Morgan fingerprint density at radius 2 is 0.833 bits per heavy atom. The van der Waals surface area contributed by atoms with E-state index in [0.29, 0.717) is 56.4 Å². The zero-order chi connectivity index (χ0) is 44.1. The molecule has 0 saturated carbocycles. The smallest absolute Gasteiger partial charge is 0.295 e. The highest BCUT2D eigenvalue weighted by Gasteiger charge is 2.25. The van der Waals surface area contributed by atoms with Crippen molar-refractivity contribution >= 4 is 64.5 Å². The standard InChI is InChI=1S/C45H47N3O9S3/c1-25-22-38(46-37-10-9-11-39(24-37)58(49,50)51)23-26(2)40(25)41(33-12-16-35(17-13-33)47-42-27(3)20-29(5)44(31(42)7)59(52,53)54)34-14-18-36(19-15-34)48-43-28(4)21-30(6)45(32(43)8)60(55,56)57/h9-24,41,46-48H,1-8H3,(H,49,50,51)(H,52,53,54)(H,55,56,57). The number of benzene rings is 6. The molecule has 0 aromatic heterocycles. The summed E-state index contributed by atoms with van der Waals surface area (Å²) in [5.74, 6) is -0.298. The van der Waals surface area contributed by atoms with Crippen LogP contribution < -0.4 is 16.0 Å². The summed E-state index contributed by atoms with van der Waals surface area (Å²) in [4.78, 5) is -0.495. The maximum atomic E-state index is 12.3. The molecule has 60 heavy (non-hydrogen) atoms. The van der Waals surface area contributed by atoms with Gasteiger partial charge in [0.15, 0.2) is 0 Å². The Kier molecular flexibility index (Phi) is 12.1. The van der Waals surface area contributed by atoms with Crippen LogP contribution in [-0.4, -0.2) is 38.9 Å². The Balaban J connectivity index is 1.41. The topological polar surface area (TPSA) is 199 Å². The SMILES string of the molecule is Cc1cc(C)c(S(=O)(=O)O)c(C)c1Nc1ccc(C(c2ccc(Nc3c(C)cc(C)c(S(=O)(=O)O)c3C)cc2)c2c(C)cc(Nc3cccc(S(=O)(=O)O)c3)cc2C)cc1. The third-order valence-corrected chi connectivity index (χ3v) is 13.8. The predicted octanol–water partition coefficient (Wildman–Crippen LogP) is 10.3. The fraction of sp³-hybridized carbons (Fsp3) is 0.200. The van der Waals surface area contributed by atoms with E-state index in [0.717, 1.165) is 38.9 Å². The zero-order valence-electron chi connectivity index (χ0n) is 34.3. The van der Waals surface area contributed by atoms with Gasteiger partial charge in [0.1, 0.15) is 9.79 Å². The van der Waals surface area contributed by atoms with E-state index in [-0.39, 0.29) is 20.6 Å². The van der Waals surface area contributed by atoms with E-state index in [1.165, 1.54) is 18.2 Å². The molecule has 15 heteroatoms. The van der Waals surface area contributed by atoms with Gasteiger partial charge in [-0.3, -0.25) is 13.7 Å². The van der Waals surface area contributed by atoms with E-state index in [4.69, 9.17) is 0 Å². The van der Waals surface area contributed by atoms with Crippen molar-refractivity contribution in [3.63, 3.8) is 0 Å². The summed E-state index contributed by atoms with van der Waals surface area (Å²) in [6.07, 6.45) is 0. The van der Waals surface area contributed by atoms with Crippen LogP contribution in [-0.2, 0) is 30.4 Å². The van der Waals surface area contributed by atoms with Crippen molar-refractivity contribution in [2.45, 2.75) is 76.0 Å². The normalized spacial score (nSPS) is 12.1. The summed E-state index contributed by atoms with van der Waals surface area (Å²) in [6.45, 7) is 14.3. The lowest BCUT2D eigenvalue weighted by Crippen LogP contribution is -2.10. The maximum Gasteiger partial charge on any atom is 0.295 e. The molecule has 0 unspecified atom stereocenters. The Morgan fingerprint density at radius 1 is 0.417 bits per heavy atom. The van der Waals surface area contributed by atoms with Crippen LogP contribution >= 0.6 is 0 Å². The molecular weight excluding hydrogens is 823 g/mol. The first kappa shape index (κ1) is 44.0. The largest absolute Gasteiger partial charge is 0.355 e. The van der Waals surface area contributed by atoms with Crippen LogP contribution in [0.3, 0.4) is 0 Å². The van der Waals surface area contributed by atoms with Crippen molar-refractivity contribution in [1.29, 1.82) is 0 Å². The molecule has 0 aliphatic heterocycles. The van der Waals surface area contributed by atoms with Gasteiger partial charge in [0, 0.05) is 40.0 Å². The lowest BCUT2D eigenvalue weighted by molar-refractivity contribution is 0.479. The van der Waals surface area contributed by atoms with Gasteiger partial charge < -0.3 is 16.0 Å². The molecule has 0 heterocycles. The van der Waals surface area contributed by atoms with Crippen LogP contribution in [0.25, 0.3) is 0 Å². The summed E-state index contributed by atoms with van der Waals surface area (Å²) in [6, 6.07) is 28.8. The van der Waals surface area contributed by atoms with Crippen molar-refractivity contribution in [1.82, 2.24) is 0 Å². The molecular formula is C45H47N3O9S3. The third kappa shape index (κ3) is 9.26. The predicted molar refractivity (Wildman–Crippen MR) is 237 cm³/mol. The van der Waals surface area contributed by atoms with Crippen LogP contribution in [0.2, 0.25) is 0 Å². The molecule has 0 atom stereocenters. The summed E-state index contributed by atoms with van der Waals surface area (Å²) in [5, 5.41) is 9.96. The lowest BCUT2D eigenvalue weighted by Gasteiger charge is -2.25. The summed E-state index contributed by atoms with van der Waals surface area (Å²) < 4.78 is 102. The third-order valence-electron chi connectivity index (χ3n) is 10.6. The van der Waals surface area contributed by atoms with Crippen molar-refractivity contribution in [2.24, 2.45) is 0 Å². The Morgan fingerprint density at radius 3 is 1.22 bits per heavy atom. The number of hydrogen-bond acceptors (Lipinski definition) is 9. The Bertz CT molecular complexity index is 2840. The molecule has 0 aliphatic rings. The van der Waals surface area contributed by atoms with Gasteiger partial charge in [-0.1, -0.05) is 42.5 Å². The minimum Gasteiger partial charge on any atom is -0.355 e.